The van der Waals surface area contributed by atoms with Gasteiger partial charge in [0, 0.05) is 6.07 Å². The molecule has 2 aromatic heterocycles. The molecule has 0 saturated carbocycles. The molecule has 0 saturated heterocycles. The summed E-state index contributed by atoms with van der Waals surface area (Å²) in [6.45, 7) is 1.65. The Bertz CT molecular complexity index is 860. The fourth-order valence-electron chi connectivity index (χ4n) is 2.14. The summed E-state index contributed by atoms with van der Waals surface area (Å²) in [4.78, 5) is 19.6. The van der Waals surface area contributed by atoms with E-state index < -0.39 is 5.91 Å². The number of hydrogen-bond donors (Lipinski definition) is 2. The normalized spacial score (nSPS) is 10.5. The molecule has 8 nitrogen and oxygen atoms in total. The lowest BCUT2D eigenvalue weighted by Gasteiger charge is -2.07. The monoisotopic (exact) mass is 310 g/mol. The van der Waals surface area contributed by atoms with Crippen molar-refractivity contribution in [1.29, 1.82) is 0 Å². The highest BCUT2D eigenvalue weighted by molar-refractivity contribution is 5.98. The summed E-state index contributed by atoms with van der Waals surface area (Å²) >= 11 is 0. The van der Waals surface area contributed by atoms with Gasteiger partial charge in [-0.25, -0.2) is 9.97 Å². The fraction of sp³-hybridized carbons (Fsp3) is 0.0667. The van der Waals surface area contributed by atoms with Crippen molar-refractivity contribution in [3.8, 4) is 17.4 Å². The Morgan fingerprint density at radius 3 is 2.61 bits per heavy atom. The molecular formula is C15H14N6O2. The molecule has 0 aliphatic heterocycles. The summed E-state index contributed by atoms with van der Waals surface area (Å²) in [6, 6.07) is 10.8. The number of nitrogen functional groups attached to an aromatic ring is 1. The number of nitrogens with two attached hydrogens (primary N) is 2. The zero-order valence-electron chi connectivity index (χ0n) is 12.3. The van der Waals surface area contributed by atoms with Crippen LogP contribution in [-0.4, -0.2) is 25.7 Å². The molecule has 0 unspecified atom stereocenters. The van der Waals surface area contributed by atoms with Crippen molar-refractivity contribution in [2.75, 3.05) is 5.73 Å². The number of nitrogens with zero attached hydrogens (tertiary/aromatic N) is 4. The number of ether oxygens (including phenoxy) is 1. The Balaban J connectivity index is 1.97. The van der Waals surface area contributed by atoms with Crippen LogP contribution in [0.2, 0.25) is 0 Å². The predicted molar refractivity (Wildman–Crippen MR) is 83.3 cm³/mol. The Morgan fingerprint density at radius 1 is 1.22 bits per heavy atom. The molecule has 8 heteroatoms. The lowest BCUT2D eigenvalue weighted by atomic mass is 10.2. The quantitative estimate of drug-likeness (QED) is 0.752. The second kappa shape index (κ2) is 5.76. The van der Waals surface area contributed by atoms with Crippen LogP contribution in [0.5, 0.6) is 11.6 Å². The average molecular weight is 310 g/mol. The first-order chi connectivity index (χ1) is 11.1. The summed E-state index contributed by atoms with van der Waals surface area (Å²) < 4.78 is 6.97. The Kier molecular flexibility index (Phi) is 3.63. The Morgan fingerprint density at radius 2 is 1.96 bits per heavy atom. The maximum atomic E-state index is 11.4. The molecule has 23 heavy (non-hydrogen) atoms. The minimum absolute atomic E-state index is 0.124. The molecule has 0 spiro atoms. The highest BCUT2D eigenvalue weighted by Crippen LogP contribution is 2.23. The molecule has 1 amide bonds. The summed E-state index contributed by atoms with van der Waals surface area (Å²) in [5, 5.41) is 4.19. The van der Waals surface area contributed by atoms with Gasteiger partial charge in [0.25, 0.3) is 5.91 Å². The van der Waals surface area contributed by atoms with Gasteiger partial charge in [0.05, 0.1) is 5.69 Å². The Hall–Kier alpha value is -3.42. The first kappa shape index (κ1) is 14.5. The first-order valence-corrected chi connectivity index (χ1v) is 6.76. The van der Waals surface area contributed by atoms with Crippen molar-refractivity contribution in [2.24, 2.45) is 5.73 Å². The van der Waals surface area contributed by atoms with E-state index in [4.69, 9.17) is 16.2 Å². The SMILES string of the molecule is Cc1nn(-c2cc(Oc3ccccc3)ncn2)c(N)c1C(N)=O. The molecule has 0 fully saturated rings. The van der Waals surface area contributed by atoms with E-state index in [1.165, 1.54) is 11.0 Å². The minimum Gasteiger partial charge on any atom is -0.439 e. The van der Waals surface area contributed by atoms with Crippen LogP contribution < -0.4 is 16.2 Å². The van der Waals surface area contributed by atoms with Gasteiger partial charge >= 0.3 is 0 Å². The van der Waals surface area contributed by atoms with Gasteiger partial charge in [-0.2, -0.15) is 9.78 Å². The topological polar surface area (TPSA) is 122 Å². The molecule has 1 aromatic carbocycles. The van der Waals surface area contributed by atoms with E-state index in [0.717, 1.165) is 0 Å². The van der Waals surface area contributed by atoms with E-state index in [0.29, 0.717) is 23.1 Å². The van der Waals surface area contributed by atoms with E-state index in [1.807, 2.05) is 18.2 Å². The average Bonchev–Trinajstić information content (AvgIpc) is 2.83. The van der Waals surface area contributed by atoms with Gasteiger partial charge in [0.15, 0.2) is 5.82 Å². The third-order valence-corrected chi connectivity index (χ3v) is 3.15. The molecule has 3 aromatic rings. The molecule has 4 N–H and O–H groups in total. The van der Waals surface area contributed by atoms with E-state index >= 15 is 0 Å². The summed E-state index contributed by atoms with van der Waals surface area (Å²) in [6.07, 6.45) is 1.33. The second-order valence-electron chi connectivity index (χ2n) is 4.75. The van der Waals surface area contributed by atoms with Crippen molar-refractivity contribution in [3.05, 3.63) is 54.0 Å². The number of benzene rings is 1. The van der Waals surface area contributed by atoms with Crippen LogP contribution in [0.4, 0.5) is 5.82 Å². The number of rotatable bonds is 4. The van der Waals surface area contributed by atoms with Crippen molar-refractivity contribution in [1.82, 2.24) is 19.7 Å². The van der Waals surface area contributed by atoms with Gasteiger partial charge in [0.2, 0.25) is 5.88 Å². The molecule has 3 rings (SSSR count). The number of carbonyl (C=O) groups excluding carboxylic acids is 1. The van der Waals surface area contributed by atoms with Crippen molar-refractivity contribution < 1.29 is 9.53 Å². The van der Waals surface area contributed by atoms with Crippen molar-refractivity contribution in [3.63, 3.8) is 0 Å². The fourth-order valence-corrected chi connectivity index (χ4v) is 2.14. The van der Waals surface area contributed by atoms with Crippen LogP contribution in [-0.2, 0) is 0 Å². The van der Waals surface area contributed by atoms with Gasteiger partial charge in [-0.1, -0.05) is 18.2 Å². The zero-order chi connectivity index (χ0) is 16.4. The standard InChI is InChI=1S/C15H14N6O2/c1-9-13(15(17)22)14(16)21(20-9)11-7-12(19-8-18-11)23-10-5-3-2-4-6-10/h2-8H,16H2,1H3,(H2,17,22). The van der Waals surface area contributed by atoms with Gasteiger partial charge in [0.1, 0.15) is 23.5 Å². The van der Waals surface area contributed by atoms with Crippen LogP contribution in [0.3, 0.4) is 0 Å². The van der Waals surface area contributed by atoms with Crippen LogP contribution in [0, 0.1) is 6.92 Å². The van der Waals surface area contributed by atoms with E-state index in [-0.39, 0.29) is 11.4 Å². The van der Waals surface area contributed by atoms with E-state index in [1.54, 1.807) is 25.1 Å². The highest BCUT2D eigenvalue weighted by atomic mass is 16.5. The molecule has 0 aliphatic rings. The molecular weight excluding hydrogens is 296 g/mol. The van der Waals surface area contributed by atoms with Crippen LogP contribution >= 0.6 is 0 Å². The van der Waals surface area contributed by atoms with Crippen molar-refractivity contribution >= 4 is 11.7 Å². The lowest BCUT2D eigenvalue weighted by molar-refractivity contribution is 0.100. The Labute approximate surface area is 131 Å². The van der Waals surface area contributed by atoms with Gasteiger partial charge in [-0.3, -0.25) is 4.79 Å². The maximum absolute atomic E-state index is 11.4. The zero-order valence-corrected chi connectivity index (χ0v) is 12.3. The molecule has 2 heterocycles. The van der Waals surface area contributed by atoms with Crippen LogP contribution in [0.25, 0.3) is 5.82 Å². The predicted octanol–water partition coefficient (Wildman–Crippen LogP) is 1.44. The molecule has 116 valence electrons. The summed E-state index contributed by atoms with van der Waals surface area (Å²) in [5.74, 6) is 0.827. The first-order valence-electron chi connectivity index (χ1n) is 6.76. The highest BCUT2D eigenvalue weighted by Gasteiger charge is 2.19. The third kappa shape index (κ3) is 2.82. The van der Waals surface area contributed by atoms with Gasteiger partial charge < -0.3 is 16.2 Å². The lowest BCUT2D eigenvalue weighted by Crippen LogP contribution is -2.14. The molecule has 0 atom stereocenters. The third-order valence-electron chi connectivity index (χ3n) is 3.15. The number of hydrogen-bond acceptors (Lipinski definition) is 6. The molecule has 0 radical (unpaired) electrons. The largest absolute Gasteiger partial charge is 0.439 e. The van der Waals surface area contributed by atoms with Gasteiger partial charge in [-0.05, 0) is 19.1 Å². The smallest absolute Gasteiger partial charge is 0.254 e. The minimum atomic E-state index is -0.638. The number of anilines is 1. The molecule has 0 aliphatic carbocycles. The van der Waals surface area contributed by atoms with E-state index in [2.05, 4.69) is 15.1 Å². The summed E-state index contributed by atoms with van der Waals surface area (Å²) in [7, 11) is 0. The maximum Gasteiger partial charge on any atom is 0.254 e. The second-order valence-corrected chi connectivity index (χ2v) is 4.75. The number of amides is 1. The number of para-hydroxylation sites is 1. The number of primary amides is 1. The van der Waals surface area contributed by atoms with Crippen molar-refractivity contribution in [2.45, 2.75) is 6.92 Å². The molecule has 0 bridgehead atoms. The van der Waals surface area contributed by atoms with Crippen LogP contribution in [0.1, 0.15) is 16.1 Å². The summed E-state index contributed by atoms with van der Waals surface area (Å²) in [5.41, 5.74) is 11.9. The number of aryl methyl sites for hydroxylation is 1. The van der Waals surface area contributed by atoms with Gasteiger partial charge in [-0.15, -0.1) is 0 Å². The number of aromatic nitrogens is 4. The number of carbonyl (C=O) groups is 1. The van der Waals surface area contributed by atoms with E-state index in [9.17, 15) is 4.79 Å². The van der Waals surface area contributed by atoms with Crippen LogP contribution in [0.15, 0.2) is 42.7 Å².